The molecule has 1 aromatic carbocycles. The van der Waals surface area contributed by atoms with Gasteiger partial charge in [0.15, 0.2) is 5.69 Å². The number of likely N-dealkylation sites (tertiary alicyclic amines) is 1. The molecule has 0 unspecified atom stereocenters. The van der Waals surface area contributed by atoms with Gasteiger partial charge in [0, 0.05) is 25.1 Å². The van der Waals surface area contributed by atoms with E-state index in [0.717, 1.165) is 24.2 Å². The fourth-order valence-electron chi connectivity index (χ4n) is 3.39. The Bertz CT molecular complexity index is 921. The molecular formula is C18H19N5O3. The number of aromatic nitrogens is 4. The predicted octanol–water partition coefficient (Wildman–Crippen LogP) is 1.63. The Hall–Kier alpha value is -3.16. The fraction of sp³-hybridized carbons (Fsp3) is 0.333. The molecule has 1 fully saturated rings. The molecule has 1 aliphatic rings. The number of aromatic amines is 1. The lowest BCUT2D eigenvalue weighted by Gasteiger charge is -2.31. The molecule has 0 saturated carbocycles. The molecule has 3 heterocycles. The number of amides is 1. The number of hydrogen-bond acceptors (Lipinski definition) is 5. The highest BCUT2D eigenvalue weighted by Crippen LogP contribution is 2.27. The van der Waals surface area contributed by atoms with Crippen LogP contribution in [0.3, 0.4) is 0 Å². The van der Waals surface area contributed by atoms with E-state index in [2.05, 4.69) is 15.4 Å². The largest absolute Gasteiger partial charge is 0.364 e. The molecule has 0 aliphatic carbocycles. The third kappa shape index (κ3) is 3.17. The monoisotopic (exact) mass is 353 g/mol. The molecule has 0 radical (unpaired) electrons. The minimum atomic E-state index is -0.204. The van der Waals surface area contributed by atoms with Crippen molar-refractivity contribution in [1.82, 2.24) is 24.8 Å². The SMILES string of the molecule is O=C(c1ccon1)N1CCC(c2n[nH]c(=O)n2Cc2ccccc2)CC1. The van der Waals surface area contributed by atoms with Crippen LogP contribution in [0.1, 0.15) is 40.6 Å². The molecule has 1 amide bonds. The number of nitrogens with one attached hydrogen (secondary N) is 1. The van der Waals surface area contributed by atoms with E-state index in [-0.39, 0.29) is 17.5 Å². The molecule has 1 N–H and O–H groups in total. The van der Waals surface area contributed by atoms with Crippen LogP contribution in [0, 0.1) is 0 Å². The Morgan fingerprint density at radius 1 is 1.19 bits per heavy atom. The number of carbonyl (C=O) groups is 1. The molecule has 0 atom stereocenters. The number of nitrogens with zero attached hydrogens (tertiary/aromatic N) is 4. The summed E-state index contributed by atoms with van der Waals surface area (Å²) in [5.74, 6) is 0.771. The highest BCUT2D eigenvalue weighted by atomic mass is 16.5. The molecular weight excluding hydrogens is 334 g/mol. The van der Waals surface area contributed by atoms with E-state index in [1.165, 1.54) is 6.26 Å². The van der Waals surface area contributed by atoms with Crippen molar-refractivity contribution in [3.05, 3.63) is 70.2 Å². The van der Waals surface area contributed by atoms with E-state index in [1.807, 2.05) is 30.3 Å². The van der Waals surface area contributed by atoms with Gasteiger partial charge in [-0.25, -0.2) is 9.89 Å². The summed E-state index contributed by atoms with van der Waals surface area (Å²) in [5.41, 5.74) is 1.17. The number of piperidine rings is 1. The van der Waals surface area contributed by atoms with Gasteiger partial charge in [-0.2, -0.15) is 5.10 Å². The van der Waals surface area contributed by atoms with Crippen molar-refractivity contribution in [1.29, 1.82) is 0 Å². The number of H-pyrrole nitrogens is 1. The Balaban J connectivity index is 1.47. The maximum Gasteiger partial charge on any atom is 0.343 e. The summed E-state index contributed by atoms with van der Waals surface area (Å²) >= 11 is 0. The van der Waals surface area contributed by atoms with Crippen molar-refractivity contribution in [3.63, 3.8) is 0 Å². The zero-order valence-electron chi connectivity index (χ0n) is 14.2. The average molecular weight is 353 g/mol. The summed E-state index contributed by atoms with van der Waals surface area (Å²) < 4.78 is 6.43. The normalized spacial score (nSPS) is 15.3. The summed E-state index contributed by atoms with van der Waals surface area (Å²) in [6.45, 7) is 1.69. The van der Waals surface area contributed by atoms with Gasteiger partial charge in [-0.1, -0.05) is 35.5 Å². The maximum atomic E-state index is 12.3. The lowest BCUT2D eigenvalue weighted by Crippen LogP contribution is -2.38. The summed E-state index contributed by atoms with van der Waals surface area (Å²) in [7, 11) is 0. The topological polar surface area (TPSA) is 97.0 Å². The second kappa shape index (κ2) is 6.99. The standard InChI is InChI=1S/C18H19N5O3/c24-17(15-8-11-26-21-15)22-9-6-14(7-10-22)16-19-20-18(25)23(16)12-13-4-2-1-3-5-13/h1-5,8,11,14H,6-7,9-10,12H2,(H,20,25). The second-order valence-corrected chi connectivity index (χ2v) is 6.41. The Kier molecular flexibility index (Phi) is 4.39. The van der Waals surface area contributed by atoms with E-state index in [0.29, 0.717) is 25.3 Å². The van der Waals surface area contributed by atoms with Crippen LogP contribution in [0.4, 0.5) is 0 Å². The Labute approximate surface area is 149 Å². The van der Waals surface area contributed by atoms with Gasteiger partial charge in [0.1, 0.15) is 12.1 Å². The van der Waals surface area contributed by atoms with Crippen LogP contribution in [0.25, 0.3) is 0 Å². The third-order valence-electron chi connectivity index (χ3n) is 4.78. The molecule has 8 heteroatoms. The van der Waals surface area contributed by atoms with Crippen LogP contribution in [-0.2, 0) is 6.54 Å². The van der Waals surface area contributed by atoms with Crippen molar-refractivity contribution < 1.29 is 9.32 Å². The van der Waals surface area contributed by atoms with Crippen LogP contribution < -0.4 is 5.69 Å². The molecule has 8 nitrogen and oxygen atoms in total. The van der Waals surface area contributed by atoms with E-state index in [4.69, 9.17) is 4.52 Å². The maximum absolute atomic E-state index is 12.3. The smallest absolute Gasteiger partial charge is 0.343 e. The average Bonchev–Trinajstić information content (AvgIpc) is 3.33. The number of hydrogen-bond donors (Lipinski definition) is 1. The van der Waals surface area contributed by atoms with E-state index >= 15 is 0 Å². The molecule has 0 bridgehead atoms. The van der Waals surface area contributed by atoms with Crippen LogP contribution in [-0.4, -0.2) is 43.8 Å². The molecule has 134 valence electrons. The zero-order chi connectivity index (χ0) is 17.9. The first-order chi connectivity index (χ1) is 12.7. The zero-order valence-corrected chi connectivity index (χ0v) is 14.2. The summed E-state index contributed by atoms with van der Waals surface area (Å²) in [4.78, 5) is 26.3. The third-order valence-corrected chi connectivity index (χ3v) is 4.78. The van der Waals surface area contributed by atoms with Gasteiger partial charge in [-0.3, -0.25) is 9.36 Å². The Morgan fingerprint density at radius 2 is 1.96 bits per heavy atom. The van der Waals surface area contributed by atoms with Gasteiger partial charge in [-0.05, 0) is 18.4 Å². The number of benzene rings is 1. The van der Waals surface area contributed by atoms with Crippen molar-refractivity contribution in [2.45, 2.75) is 25.3 Å². The minimum absolute atomic E-state index is 0.124. The van der Waals surface area contributed by atoms with Gasteiger partial charge in [-0.15, -0.1) is 0 Å². The fourth-order valence-corrected chi connectivity index (χ4v) is 3.39. The van der Waals surface area contributed by atoms with Gasteiger partial charge in [0.25, 0.3) is 5.91 Å². The first-order valence-corrected chi connectivity index (χ1v) is 8.61. The van der Waals surface area contributed by atoms with Crippen LogP contribution >= 0.6 is 0 Å². The minimum Gasteiger partial charge on any atom is -0.364 e. The predicted molar refractivity (Wildman–Crippen MR) is 92.8 cm³/mol. The van der Waals surface area contributed by atoms with Crippen LogP contribution in [0.15, 0.2) is 52.0 Å². The highest BCUT2D eigenvalue weighted by molar-refractivity contribution is 5.92. The van der Waals surface area contributed by atoms with Crippen molar-refractivity contribution in [2.75, 3.05) is 13.1 Å². The van der Waals surface area contributed by atoms with Gasteiger partial charge >= 0.3 is 5.69 Å². The van der Waals surface area contributed by atoms with Gasteiger partial charge < -0.3 is 9.42 Å². The lowest BCUT2D eigenvalue weighted by molar-refractivity contribution is 0.0700. The van der Waals surface area contributed by atoms with Gasteiger partial charge in [0.05, 0.1) is 6.54 Å². The van der Waals surface area contributed by atoms with Crippen molar-refractivity contribution >= 4 is 5.91 Å². The van der Waals surface area contributed by atoms with Crippen LogP contribution in [0.2, 0.25) is 0 Å². The number of carbonyl (C=O) groups excluding carboxylic acids is 1. The quantitative estimate of drug-likeness (QED) is 0.769. The molecule has 1 saturated heterocycles. The molecule has 0 spiro atoms. The lowest BCUT2D eigenvalue weighted by atomic mass is 9.95. The molecule has 1 aliphatic heterocycles. The van der Waals surface area contributed by atoms with E-state index < -0.39 is 0 Å². The molecule has 3 aromatic rings. The summed E-state index contributed by atoms with van der Waals surface area (Å²) in [6, 6.07) is 11.4. The molecule has 2 aromatic heterocycles. The summed E-state index contributed by atoms with van der Waals surface area (Å²) in [5, 5.41) is 10.5. The first kappa shape index (κ1) is 16.3. The Morgan fingerprint density at radius 3 is 2.65 bits per heavy atom. The number of rotatable bonds is 4. The second-order valence-electron chi connectivity index (χ2n) is 6.41. The van der Waals surface area contributed by atoms with Crippen molar-refractivity contribution in [3.8, 4) is 0 Å². The highest BCUT2D eigenvalue weighted by Gasteiger charge is 2.28. The van der Waals surface area contributed by atoms with Crippen molar-refractivity contribution in [2.24, 2.45) is 0 Å². The van der Waals surface area contributed by atoms with Crippen LogP contribution in [0.5, 0.6) is 0 Å². The van der Waals surface area contributed by atoms with E-state index in [9.17, 15) is 9.59 Å². The van der Waals surface area contributed by atoms with E-state index in [1.54, 1.807) is 15.5 Å². The molecule has 26 heavy (non-hydrogen) atoms. The molecule has 4 rings (SSSR count). The summed E-state index contributed by atoms with van der Waals surface area (Å²) in [6.07, 6.45) is 2.90. The van der Waals surface area contributed by atoms with Gasteiger partial charge in [0.2, 0.25) is 0 Å². The first-order valence-electron chi connectivity index (χ1n) is 8.61.